The van der Waals surface area contributed by atoms with Gasteiger partial charge < -0.3 is 0 Å². The van der Waals surface area contributed by atoms with Gasteiger partial charge >= 0.3 is 0 Å². The molecule has 0 spiro atoms. The van der Waals surface area contributed by atoms with Gasteiger partial charge in [-0.3, -0.25) is 4.79 Å². The van der Waals surface area contributed by atoms with Gasteiger partial charge in [-0.15, -0.1) is 0 Å². The van der Waals surface area contributed by atoms with Crippen LogP contribution >= 0.6 is 0 Å². The molecule has 0 N–H and O–H groups in total. The largest absolute Gasteiger partial charge is 0.293 e. The molecule has 0 bridgehead atoms. The molecule has 4 aromatic rings. The summed E-state index contributed by atoms with van der Waals surface area (Å²) >= 11 is 0. The highest BCUT2D eigenvalue weighted by molar-refractivity contribution is 6.09. The van der Waals surface area contributed by atoms with Gasteiger partial charge in [0.25, 0.3) is 0 Å². The number of ketones is 1. The zero-order valence-corrected chi connectivity index (χ0v) is 15.3. The van der Waals surface area contributed by atoms with Gasteiger partial charge in [-0.25, -0.2) is 0 Å². The van der Waals surface area contributed by atoms with E-state index in [4.69, 9.17) is 0 Å². The van der Waals surface area contributed by atoms with Crippen molar-refractivity contribution < 1.29 is 4.79 Å². The Bertz CT molecular complexity index is 1170. The molecular formula is C26H20O. The third-order valence-corrected chi connectivity index (χ3v) is 5.89. The highest BCUT2D eigenvalue weighted by Gasteiger charge is 2.42. The Kier molecular flexibility index (Phi) is 3.51. The zero-order valence-electron chi connectivity index (χ0n) is 15.3. The van der Waals surface area contributed by atoms with Crippen molar-refractivity contribution in [3.8, 4) is 11.1 Å². The quantitative estimate of drug-likeness (QED) is 0.421. The summed E-state index contributed by atoms with van der Waals surface area (Å²) in [5.74, 6) is 0.229. The molecule has 0 heterocycles. The van der Waals surface area contributed by atoms with E-state index in [9.17, 15) is 4.79 Å². The lowest BCUT2D eigenvalue weighted by Crippen LogP contribution is -2.29. The Morgan fingerprint density at radius 2 is 1.44 bits per heavy atom. The van der Waals surface area contributed by atoms with Crippen molar-refractivity contribution in [1.29, 1.82) is 0 Å². The van der Waals surface area contributed by atoms with Crippen molar-refractivity contribution in [2.75, 3.05) is 0 Å². The van der Waals surface area contributed by atoms with Crippen molar-refractivity contribution >= 4 is 16.6 Å². The summed E-state index contributed by atoms with van der Waals surface area (Å²) in [6, 6.07) is 31.3. The Balaban J connectivity index is 1.58. The lowest BCUT2D eigenvalue weighted by Gasteiger charge is -2.23. The van der Waals surface area contributed by atoms with Crippen LogP contribution in [0.2, 0.25) is 0 Å². The van der Waals surface area contributed by atoms with E-state index in [1.165, 1.54) is 21.9 Å². The average Bonchev–Trinajstić information content (AvgIpc) is 2.99. The average molecular weight is 348 g/mol. The van der Waals surface area contributed by atoms with Crippen LogP contribution in [0, 0.1) is 0 Å². The molecule has 1 heteroatoms. The summed E-state index contributed by atoms with van der Waals surface area (Å²) in [6.45, 7) is 2.08. The van der Waals surface area contributed by atoms with Crippen LogP contribution < -0.4 is 0 Å². The second-order valence-electron chi connectivity index (χ2n) is 7.64. The number of carbonyl (C=O) groups is 1. The normalized spacial score (nSPS) is 18.6. The van der Waals surface area contributed by atoms with Crippen LogP contribution in [-0.2, 0) is 11.8 Å². The van der Waals surface area contributed by atoms with E-state index in [0.717, 1.165) is 23.1 Å². The summed E-state index contributed by atoms with van der Waals surface area (Å²) in [7, 11) is 0. The summed E-state index contributed by atoms with van der Waals surface area (Å²) in [5, 5.41) is 2.39. The summed E-state index contributed by atoms with van der Waals surface area (Å²) in [5.41, 5.74) is 4.98. The van der Waals surface area contributed by atoms with Gasteiger partial charge in [-0.05, 0) is 46.4 Å². The minimum Gasteiger partial charge on any atom is -0.293 e. The maximum atomic E-state index is 13.3. The fraction of sp³-hybridized carbons (Fsp3) is 0.115. The van der Waals surface area contributed by atoms with Gasteiger partial charge in [0.15, 0.2) is 5.78 Å². The van der Waals surface area contributed by atoms with E-state index in [2.05, 4.69) is 61.5 Å². The van der Waals surface area contributed by atoms with Gasteiger partial charge in [0.05, 0.1) is 5.41 Å². The number of carbonyl (C=O) groups excluding carboxylic acids is 1. The monoisotopic (exact) mass is 348 g/mol. The highest BCUT2D eigenvalue weighted by Crippen LogP contribution is 2.41. The first-order valence-electron chi connectivity index (χ1n) is 9.38. The van der Waals surface area contributed by atoms with Crippen LogP contribution in [0.3, 0.4) is 0 Å². The van der Waals surface area contributed by atoms with Gasteiger partial charge in [0.2, 0.25) is 0 Å². The second-order valence-corrected chi connectivity index (χ2v) is 7.64. The first kappa shape index (κ1) is 16.0. The van der Waals surface area contributed by atoms with Gasteiger partial charge in [0, 0.05) is 5.56 Å². The predicted molar refractivity (Wildman–Crippen MR) is 111 cm³/mol. The van der Waals surface area contributed by atoms with E-state index in [1.54, 1.807) is 0 Å². The van der Waals surface area contributed by atoms with Crippen molar-refractivity contribution in [3.63, 3.8) is 0 Å². The maximum absolute atomic E-state index is 13.3. The van der Waals surface area contributed by atoms with Gasteiger partial charge in [0.1, 0.15) is 0 Å². The minimum atomic E-state index is -0.498. The Morgan fingerprint density at radius 3 is 2.26 bits per heavy atom. The molecule has 5 rings (SSSR count). The highest BCUT2D eigenvalue weighted by atomic mass is 16.1. The molecule has 27 heavy (non-hydrogen) atoms. The molecule has 1 aliphatic carbocycles. The molecule has 4 aromatic carbocycles. The molecule has 0 aliphatic heterocycles. The molecule has 1 atom stereocenters. The lowest BCUT2D eigenvalue weighted by molar-refractivity contribution is 0.0915. The molecule has 0 saturated heterocycles. The number of fused-ring (bicyclic) bond motifs is 2. The topological polar surface area (TPSA) is 17.1 Å². The lowest BCUT2D eigenvalue weighted by atomic mass is 9.78. The van der Waals surface area contributed by atoms with Crippen LogP contribution in [0.15, 0.2) is 91.0 Å². The molecule has 130 valence electrons. The van der Waals surface area contributed by atoms with E-state index < -0.39 is 5.41 Å². The third-order valence-electron chi connectivity index (χ3n) is 5.89. The molecule has 0 radical (unpaired) electrons. The van der Waals surface area contributed by atoms with Crippen LogP contribution in [0.25, 0.3) is 21.9 Å². The smallest absolute Gasteiger partial charge is 0.173 e. The first-order valence-corrected chi connectivity index (χ1v) is 9.38. The van der Waals surface area contributed by atoms with Crippen LogP contribution in [0.1, 0.15) is 28.4 Å². The standard InChI is InChI=1S/C26H20O/c1-26(23-13-11-19-9-5-6-10-20(19)16-23)17-22-15-21(12-14-24(22)25(26)27)18-7-3-2-4-8-18/h2-16H,17H2,1H3. The van der Waals surface area contributed by atoms with Crippen molar-refractivity contribution in [1.82, 2.24) is 0 Å². The molecule has 0 fully saturated rings. The van der Waals surface area contributed by atoms with Crippen LogP contribution in [0.4, 0.5) is 0 Å². The van der Waals surface area contributed by atoms with E-state index >= 15 is 0 Å². The maximum Gasteiger partial charge on any atom is 0.173 e. The van der Waals surface area contributed by atoms with Crippen molar-refractivity contribution in [3.05, 3.63) is 108 Å². The van der Waals surface area contributed by atoms with Crippen LogP contribution in [-0.4, -0.2) is 5.78 Å². The predicted octanol–water partition coefficient (Wildman–Crippen LogP) is 6.20. The number of hydrogen-bond donors (Lipinski definition) is 0. The Labute approximate surface area is 159 Å². The SMILES string of the molecule is CC1(c2ccc3ccccc3c2)Cc2cc(-c3ccccc3)ccc2C1=O. The number of rotatable bonds is 2. The fourth-order valence-electron chi connectivity index (χ4n) is 4.30. The molecule has 1 nitrogen and oxygen atoms in total. The summed E-state index contributed by atoms with van der Waals surface area (Å²) in [4.78, 5) is 13.3. The van der Waals surface area contributed by atoms with E-state index in [-0.39, 0.29) is 5.78 Å². The first-order chi connectivity index (χ1) is 13.1. The molecule has 1 unspecified atom stereocenters. The van der Waals surface area contributed by atoms with Gasteiger partial charge in [-0.1, -0.05) is 91.0 Å². The Morgan fingerprint density at radius 1 is 0.704 bits per heavy atom. The molecule has 1 aliphatic rings. The third kappa shape index (κ3) is 2.50. The number of hydrogen-bond acceptors (Lipinski definition) is 1. The van der Waals surface area contributed by atoms with E-state index in [0.29, 0.717) is 0 Å². The summed E-state index contributed by atoms with van der Waals surface area (Å²) in [6.07, 6.45) is 0.750. The molecular weight excluding hydrogens is 328 g/mol. The van der Waals surface area contributed by atoms with Crippen LogP contribution in [0.5, 0.6) is 0 Å². The van der Waals surface area contributed by atoms with Crippen molar-refractivity contribution in [2.24, 2.45) is 0 Å². The minimum absolute atomic E-state index is 0.229. The Hall–Kier alpha value is -3.19. The fourth-order valence-corrected chi connectivity index (χ4v) is 4.30. The molecule has 0 aromatic heterocycles. The molecule has 0 amide bonds. The van der Waals surface area contributed by atoms with E-state index in [1.807, 2.05) is 36.4 Å². The summed E-state index contributed by atoms with van der Waals surface area (Å²) < 4.78 is 0. The second kappa shape index (κ2) is 5.92. The van der Waals surface area contributed by atoms with Crippen molar-refractivity contribution in [2.45, 2.75) is 18.8 Å². The number of benzene rings is 4. The zero-order chi connectivity index (χ0) is 18.4. The number of Topliss-reactive ketones (excluding diaryl/α,β-unsaturated/α-hetero) is 1. The molecule has 0 saturated carbocycles. The van der Waals surface area contributed by atoms with Gasteiger partial charge in [-0.2, -0.15) is 0 Å².